The second-order valence-electron chi connectivity index (χ2n) is 13.0. The van der Waals surface area contributed by atoms with Crippen LogP contribution in [0.4, 0.5) is 10.5 Å². The van der Waals surface area contributed by atoms with Crippen LogP contribution in [0.25, 0.3) is 16.6 Å². The van der Waals surface area contributed by atoms with Crippen LogP contribution in [0.5, 0.6) is 0 Å². The molecule has 1 aliphatic heterocycles. The summed E-state index contributed by atoms with van der Waals surface area (Å²) in [5, 5.41) is 9.05. The van der Waals surface area contributed by atoms with Gasteiger partial charge in [-0.3, -0.25) is 9.58 Å². The lowest BCUT2D eigenvalue weighted by Gasteiger charge is -2.44. The summed E-state index contributed by atoms with van der Waals surface area (Å²) in [6.45, 7) is 17.5. The molecular weight excluding hydrogens is 544 g/mol. The number of aryl methyl sites for hydroxylation is 2. The van der Waals surface area contributed by atoms with Gasteiger partial charge in [0.2, 0.25) is 0 Å². The summed E-state index contributed by atoms with van der Waals surface area (Å²) in [5.74, 6) is 0. The van der Waals surface area contributed by atoms with Crippen LogP contribution in [-0.4, -0.2) is 71.0 Å². The number of rotatable bonds is 7. The van der Waals surface area contributed by atoms with Crippen molar-refractivity contribution in [2.75, 3.05) is 31.1 Å². The minimum absolute atomic E-state index is 0.0705. The smallest absolute Gasteiger partial charge is 0.410 e. The standard InChI is InChI=1S/C32H44N6O3Si/c1-23-9-11-25(12-10-23)24(2)41-31(39)37-16-15-36(21-28(37)22-40-42(7,8)32(3,4)5)30-18-34-38-20-26(13-14-29(30)38)27-17-33-35(6)19-27/h9-14,17-20,24,28H,15-16,21-22H2,1-8H3/t24-,28?/m1/s1. The molecule has 3 aromatic heterocycles. The van der Waals surface area contributed by atoms with Gasteiger partial charge in [-0.15, -0.1) is 0 Å². The number of anilines is 1. The van der Waals surface area contributed by atoms with Gasteiger partial charge in [0.25, 0.3) is 0 Å². The van der Waals surface area contributed by atoms with Gasteiger partial charge in [-0.1, -0.05) is 56.7 Å². The highest BCUT2D eigenvalue weighted by molar-refractivity contribution is 6.74. The van der Waals surface area contributed by atoms with Crippen molar-refractivity contribution in [3.05, 3.63) is 72.3 Å². The number of nitrogens with zero attached hydrogens (tertiary/aromatic N) is 6. The fourth-order valence-corrected chi connectivity index (χ4v) is 6.10. The number of piperazine rings is 1. The van der Waals surface area contributed by atoms with Crippen molar-refractivity contribution < 1.29 is 14.0 Å². The van der Waals surface area contributed by atoms with Crippen LogP contribution < -0.4 is 4.90 Å². The molecule has 9 nitrogen and oxygen atoms in total. The van der Waals surface area contributed by atoms with Gasteiger partial charge >= 0.3 is 6.09 Å². The minimum atomic E-state index is -2.03. The normalized spacial score (nSPS) is 17.1. The Hall–Kier alpha value is -3.63. The third-order valence-corrected chi connectivity index (χ3v) is 13.4. The van der Waals surface area contributed by atoms with Gasteiger partial charge in [0.1, 0.15) is 6.10 Å². The molecule has 1 saturated heterocycles. The molecule has 42 heavy (non-hydrogen) atoms. The van der Waals surface area contributed by atoms with Crippen LogP contribution in [0.2, 0.25) is 18.1 Å². The Labute approximate surface area is 250 Å². The van der Waals surface area contributed by atoms with Gasteiger partial charge in [0.05, 0.1) is 36.2 Å². The SMILES string of the molecule is Cc1ccc([C@@H](C)OC(=O)N2CCN(c3cnn4cc(-c5cnn(C)c5)ccc34)CC2CO[Si](C)(C)C(C)(C)C)cc1. The number of amides is 1. The summed E-state index contributed by atoms with van der Waals surface area (Å²) < 4.78 is 16.4. The van der Waals surface area contributed by atoms with Crippen LogP contribution in [-0.2, 0) is 16.2 Å². The molecule has 4 heterocycles. The first-order valence-corrected chi connectivity index (χ1v) is 17.6. The second kappa shape index (κ2) is 11.6. The van der Waals surface area contributed by atoms with Crippen LogP contribution in [0.15, 0.2) is 61.2 Å². The Morgan fingerprint density at radius 2 is 1.76 bits per heavy atom. The lowest BCUT2D eigenvalue weighted by molar-refractivity contribution is 0.0424. The van der Waals surface area contributed by atoms with E-state index < -0.39 is 8.32 Å². The quantitative estimate of drug-likeness (QED) is 0.231. The molecule has 1 amide bonds. The Morgan fingerprint density at radius 3 is 2.43 bits per heavy atom. The van der Waals surface area contributed by atoms with Crippen molar-refractivity contribution >= 4 is 25.6 Å². The second-order valence-corrected chi connectivity index (χ2v) is 17.8. The summed E-state index contributed by atoms with van der Waals surface area (Å²) in [5.41, 5.74) is 6.34. The highest BCUT2D eigenvalue weighted by atomic mass is 28.4. The molecular formula is C32H44N6O3Si. The van der Waals surface area contributed by atoms with E-state index in [1.54, 1.807) is 4.68 Å². The van der Waals surface area contributed by atoms with E-state index in [-0.39, 0.29) is 23.3 Å². The van der Waals surface area contributed by atoms with E-state index in [0.717, 1.165) is 27.9 Å². The number of carbonyl (C=O) groups is 1. The molecule has 0 N–H and O–H groups in total. The molecule has 5 rings (SSSR count). The zero-order chi connectivity index (χ0) is 30.2. The van der Waals surface area contributed by atoms with E-state index >= 15 is 0 Å². The molecule has 0 aliphatic carbocycles. The van der Waals surface area contributed by atoms with Crippen molar-refractivity contribution in [3.63, 3.8) is 0 Å². The Bertz CT molecular complexity index is 1540. The number of benzene rings is 1. The molecule has 0 spiro atoms. The largest absolute Gasteiger partial charge is 0.442 e. The number of fused-ring (bicyclic) bond motifs is 1. The molecule has 0 bridgehead atoms. The highest BCUT2D eigenvalue weighted by Gasteiger charge is 2.40. The number of hydrogen-bond acceptors (Lipinski definition) is 6. The first kappa shape index (κ1) is 29.8. The number of pyridine rings is 1. The maximum absolute atomic E-state index is 13.6. The average Bonchev–Trinajstić information content (AvgIpc) is 3.57. The van der Waals surface area contributed by atoms with Crippen molar-refractivity contribution in [2.24, 2.45) is 7.05 Å². The van der Waals surface area contributed by atoms with Gasteiger partial charge in [-0.05, 0) is 43.6 Å². The number of aromatic nitrogens is 4. The topological polar surface area (TPSA) is 77.1 Å². The van der Waals surface area contributed by atoms with E-state index in [9.17, 15) is 4.79 Å². The first-order chi connectivity index (χ1) is 19.8. The maximum atomic E-state index is 13.6. The molecule has 1 unspecified atom stereocenters. The lowest BCUT2D eigenvalue weighted by Crippen LogP contribution is -2.58. The van der Waals surface area contributed by atoms with Crippen LogP contribution >= 0.6 is 0 Å². The predicted octanol–water partition coefficient (Wildman–Crippen LogP) is 6.45. The summed E-state index contributed by atoms with van der Waals surface area (Å²) in [6, 6.07) is 12.2. The summed E-state index contributed by atoms with van der Waals surface area (Å²) in [4.78, 5) is 17.8. The molecule has 1 aromatic carbocycles. The van der Waals surface area contributed by atoms with Crippen molar-refractivity contribution in [1.29, 1.82) is 0 Å². The van der Waals surface area contributed by atoms with Gasteiger partial charge in [-0.25, -0.2) is 9.31 Å². The fraction of sp³-hybridized carbons (Fsp3) is 0.469. The van der Waals surface area contributed by atoms with Crippen molar-refractivity contribution in [2.45, 2.75) is 64.9 Å². The zero-order valence-corrected chi connectivity index (χ0v) is 27.2. The Balaban J connectivity index is 1.36. The summed E-state index contributed by atoms with van der Waals surface area (Å²) >= 11 is 0. The molecule has 10 heteroatoms. The number of ether oxygens (including phenoxy) is 1. The van der Waals surface area contributed by atoms with Crippen LogP contribution in [0, 0.1) is 6.92 Å². The summed E-state index contributed by atoms with van der Waals surface area (Å²) in [7, 11) is -0.118. The van der Waals surface area contributed by atoms with E-state index in [1.807, 2.05) is 72.4 Å². The third kappa shape index (κ3) is 6.24. The molecule has 1 aliphatic rings. The highest BCUT2D eigenvalue weighted by Crippen LogP contribution is 2.37. The van der Waals surface area contributed by atoms with E-state index in [1.165, 1.54) is 5.56 Å². The van der Waals surface area contributed by atoms with E-state index in [4.69, 9.17) is 9.16 Å². The Morgan fingerprint density at radius 1 is 1.02 bits per heavy atom. The predicted molar refractivity (Wildman–Crippen MR) is 169 cm³/mol. The number of carbonyl (C=O) groups excluding carboxylic acids is 1. The van der Waals surface area contributed by atoms with E-state index in [2.05, 4.69) is 68.0 Å². The van der Waals surface area contributed by atoms with Gasteiger partial charge in [0, 0.05) is 50.2 Å². The molecule has 224 valence electrons. The van der Waals surface area contributed by atoms with Crippen LogP contribution in [0.3, 0.4) is 0 Å². The lowest BCUT2D eigenvalue weighted by atomic mass is 10.1. The first-order valence-electron chi connectivity index (χ1n) is 14.7. The minimum Gasteiger partial charge on any atom is -0.442 e. The van der Waals surface area contributed by atoms with E-state index in [0.29, 0.717) is 26.2 Å². The van der Waals surface area contributed by atoms with Gasteiger partial charge < -0.3 is 14.1 Å². The number of hydrogen-bond donors (Lipinski definition) is 0. The fourth-order valence-electron chi connectivity index (χ4n) is 5.06. The molecule has 0 radical (unpaired) electrons. The third-order valence-electron chi connectivity index (χ3n) is 8.86. The summed E-state index contributed by atoms with van der Waals surface area (Å²) in [6.07, 6.45) is 7.17. The van der Waals surface area contributed by atoms with Crippen molar-refractivity contribution in [1.82, 2.24) is 24.3 Å². The average molecular weight is 589 g/mol. The molecule has 0 saturated carbocycles. The molecule has 4 aromatic rings. The molecule has 2 atom stereocenters. The molecule has 1 fully saturated rings. The zero-order valence-electron chi connectivity index (χ0n) is 26.2. The van der Waals surface area contributed by atoms with Crippen LogP contribution in [0.1, 0.15) is 44.9 Å². The van der Waals surface area contributed by atoms with Gasteiger partial charge in [-0.2, -0.15) is 10.2 Å². The van der Waals surface area contributed by atoms with Gasteiger partial charge in [0.15, 0.2) is 8.32 Å². The maximum Gasteiger partial charge on any atom is 0.410 e. The Kier molecular flexibility index (Phi) is 8.22. The van der Waals surface area contributed by atoms with Crippen molar-refractivity contribution in [3.8, 4) is 11.1 Å². The monoisotopic (exact) mass is 588 g/mol.